The second kappa shape index (κ2) is 14.4. The van der Waals surface area contributed by atoms with E-state index in [0.29, 0.717) is 28.0 Å². The third-order valence-corrected chi connectivity index (χ3v) is 10.7. The molecule has 0 spiro atoms. The highest BCUT2D eigenvalue weighted by molar-refractivity contribution is 5.97. The summed E-state index contributed by atoms with van der Waals surface area (Å²) >= 11 is 0. The first kappa shape index (κ1) is 26.5. The first-order valence-corrected chi connectivity index (χ1v) is 18.8. The molecule has 4 nitrogen and oxygen atoms in total. The van der Waals surface area contributed by atoms with E-state index in [1.807, 2.05) is 87.5 Å². The number of fused-ring (bicyclic) bond motifs is 1. The van der Waals surface area contributed by atoms with E-state index in [4.69, 9.17) is 17.3 Å². The van der Waals surface area contributed by atoms with Crippen LogP contribution in [-0.2, 0) is 10.8 Å². The summed E-state index contributed by atoms with van der Waals surface area (Å²) in [6.07, 6.45) is 0.367. The first-order chi connectivity index (χ1) is 31.0. The Morgan fingerprint density at radius 1 is 0.661 bits per heavy atom. The van der Waals surface area contributed by atoms with Crippen molar-refractivity contribution in [2.45, 2.75) is 65.6 Å². The highest BCUT2D eigenvalue weighted by atomic mass is 16.3. The number of aromatic hydroxyl groups is 1. The van der Waals surface area contributed by atoms with E-state index in [1.165, 1.54) is 5.56 Å². The van der Waals surface area contributed by atoms with E-state index >= 15 is 0 Å². The molecule has 0 fully saturated rings. The van der Waals surface area contributed by atoms with Crippen molar-refractivity contribution >= 4 is 11.0 Å². The van der Waals surface area contributed by atoms with E-state index in [-0.39, 0.29) is 22.4 Å². The fourth-order valence-corrected chi connectivity index (χ4v) is 6.99. The lowest BCUT2D eigenvalue weighted by atomic mass is 9.81. The van der Waals surface area contributed by atoms with Crippen LogP contribution in [0.1, 0.15) is 78.4 Å². The topological polar surface area (TPSA) is 50.9 Å². The third kappa shape index (κ3) is 6.92. The van der Waals surface area contributed by atoms with Gasteiger partial charge in [0.15, 0.2) is 0 Å². The Labute approximate surface area is 345 Å². The van der Waals surface area contributed by atoms with Crippen LogP contribution >= 0.6 is 0 Å². The van der Waals surface area contributed by atoms with E-state index in [2.05, 4.69) is 60.7 Å². The maximum Gasteiger partial charge on any atom is 0.149 e. The highest BCUT2D eigenvalue weighted by Gasteiger charge is 2.25. The molecule has 4 heteroatoms. The van der Waals surface area contributed by atoms with Gasteiger partial charge in [-0.3, -0.25) is 9.55 Å². The Morgan fingerprint density at radius 2 is 1.39 bits per heavy atom. The predicted octanol–water partition coefficient (Wildman–Crippen LogP) is 13.8. The molecule has 0 aliphatic heterocycles. The van der Waals surface area contributed by atoms with Crippen LogP contribution in [0.5, 0.6) is 5.75 Å². The normalized spacial score (nSPS) is 14.8. The number of nitrogens with zero attached hydrogens (tertiary/aromatic N) is 3. The Morgan fingerprint density at radius 3 is 2.12 bits per heavy atom. The number of aromatic nitrogens is 3. The van der Waals surface area contributed by atoms with Crippen molar-refractivity contribution in [3.8, 4) is 67.5 Å². The maximum absolute atomic E-state index is 11.4. The number of hydrogen-bond donors (Lipinski definition) is 1. The molecule has 0 atom stereocenters. The fraction of sp³-hybridized carbons (Fsp3) is 0.192. The summed E-state index contributed by atoms with van der Waals surface area (Å²) < 4.78 is 87.7. The second-order valence-electron chi connectivity index (χ2n) is 15.8. The summed E-state index contributed by atoms with van der Waals surface area (Å²) in [5, 5.41) is 11.4. The van der Waals surface area contributed by atoms with Gasteiger partial charge < -0.3 is 5.11 Å². The summed E-state index contributed by atoms with van der Waals surface area (Å²) in [6.45, 7) is 9.80. The van der Waals surface area contributed by atoms with Crippen molar-refractivity contribution in [2.75, 3.05) is 0 Å². The molecule has 0 saturated carbocycles. The molecule has 56 heavy (non-hydrogen) atoms. The zero-order chi connectivity index (χ0) is 47.8. The van der Waals surface area contributed by atoms with Crippen molar-refractivity contribution in [3.05, 3.63) is 168 Å². The molecule has 278 valence electrons. The smallest absolute Gasteiger partial charge is 0.149 e. The van der Waals surface area contributed by atoms with Gasteiger partial charge in [0, 0.05) is 27.0 Å². The first-order valence-electron chi connectivity index (χ1n) is 23.8. The molecule has 0 radical (unpaired) electrons. The molecule has 6 aromatic carbocycles. The van der Waals surface area contributed by atoms with Crippen LogP contribution in [0, 0.1) is 6.85 Å². The van der Waals surface area contributed by atoms with Gasteiger partial charge in [-0.25, -0.2) is 4.98 Å². The highest BCUT2D eigenvalue weighted by Crippen LogP contribution is 2.42. The Balaban J connectivity index is 1.42. The van der Waals surface area contributed by atoms with Crippen LogP contribution in [0.3, 0.4) is 0 Å². The monoisotopic (exact) mass is 741 g/mol. The lowest BCUT2D eigenvalue weighted by Gasteiger charge is -2.25. The van der Waals surface area contributed by atoms with E-state index < -0.39 is 65.8 Å². The van der Waals surface area contributed by atoms with Crippen LogP contribution in [0.15, 0.2) is 152 Å². The number of imidazole rings is 1. The SMILES string of the molecule is [2H]c1nc(-c2cc(-c3cccc4c3nc(-c3ccccc3O)n4-c3ccc(C(C)(C)CC)cc3-c3ccccc3)cc(C(C)(C)C)c2)c([2H])c(-c2c([2H])c([2H])c(C([2H])([2H])[2H])c([2H])c2[2H])c1[2H]. The molecule has 1 N–H and O–H groups in total. The maximum atomic E-state index is 11.4. The number of hydrogen-bond acceptors (Lipinski definition) is 3. The number of rotatable bonds is 8. The molecule has 2 aromatic heterocycles. The van der Waals surface area contributed by atoms with Crippen molar-refractivity contribution in [1.82, 2.24) is 14.5 Å². The van der Waals surface area contributed by atoms with Gasteiger partial charge >= 0.3 is 0 Å². The van der Waals surface area contributed by atoms with E-state index in [0.717, 1.165) is 39.9 Å². The van der Waals surface area contributed by atoms with Gasteiger partial charge in [0.05, 0.1) is 37.6 Å². The van der Waals surface area contributed by atoms with Gasteiger partial charge in [-0.1, -0.05) is 138 Å². The number of pyridine rings is 1. The lowest BCUT2D eigenvalue weighted by molar-refractivity contribution is 0.477. The molecule has 2 heterocycles. The molecule has 0 amide bonds. The van der Waals surface area contributed by atoms with Gasteiger partial charge in [-0.2, -0.15) is 0 Å². The number of para-hydroxylation sites is 2. The second-order valence-corrected chi connectivity index (χ2v) is 15.8. The van der Waals surface area contributed by atoms with Crippen LogP contribution in [0.2, 0.25) is 0 Å². The number of phenols is 1. The molecule has 8 rings (SSSR count). The van der Waals surface area contributed by atoms with Crippen LogP contribution in [-0.4, -0.2) is 19.6 Å². The van der Waals surface area contributed by atoms with Crippen LogP contribution in [0.4, 0.5) is 0 Å². The Hall–Kier alpha value is -6.26. The third-order valence-electron chi connectivity index (χ3n) is 10.7. The zero-order valence-electron chi connectivity index (χ0n) is 42.4. The molecule has 0 bridgehead atoms. The van der Waals surface area contributed by atoms with Crippen LogP contribution < -0.4 is 0 Å². The van der Waals surface area contributed by atoms with Crippen molar-refractivity contribution < 1.29 is 18.8 Å². The van der Waals surface area contributed by atoms with Crippen molar-refractivity contribution in [2.24, 2.45) is 0 Å². The summed E-state index contributed by atoms with van der Waals surface area (Å²) in [6, 6.07) is 31.3. The zero-order valence-corrected chi connectivity index (χ0v) is 32.4. The minimum atomic E-state index is -2.96. The molecular weight excluding hydrogens is 683 g/mol. The van der Waals surface area contributed by atoms with Gasteiger partial charge in [0.1, 0.15) is 11.6 Å². The van der Waals surface area contributed by atoms with Gasteiger partial charge in [0.25, 0.3) is 0 Å². The predicted molar refractivity (Wildman–Crippen MR) is 234 cm³/mol. The summed E-state index contributed by atoms with van der Waals surface area (Å²) in [7, 11) is 0. The summed E-state index contributed by atoms with van der Waals surface area (Å²) in [5.74, 6) is 0.567. The molecule has 0 saturated heterocycles. The molecular formula is C52H49N3O. The summed E-state index contributed by atoms with van der Waals surface area (Å²) in [5.41, 5.74) is 6.37. The van der Waals surface area contributed by atoms with Crippen molar-refractivity contribution in [3.63, 3.8) is 0 Å². The molecule has 0 unspecified atom stereocenters. The average molecular weight is 742 g/mol. The number of phenolic OH excluding ortho intramolecular Hbond substituents is 1. The quantitative estimate of drug-likeness (QED) is 0.169. The van der Waals surface area contributed by atoms with E-state index in [9.17, 15) is 6.48 Å². The van der Waals surface area contributed by atoms with E-state index in [1.54, 1.807) is 12.1 Å². The molecule has 0 aliphatic rings. The van der Waals surface area contributed by atoms with Gasteiger partial charge in [-0.15, -0.1) is 0 Å². The lowest BCUT2D eigenvalue weighted by Crippen LogP contribution is -2.16. The minimum absolute atomic E-state index is 0.0368. The average Bonchev–Trinajstić information content (AvgIpc) is 3.67. The largest absolute Gasteiger partial charge is 0.507 e. The molecule has 0 aliphatic carbocycles. The van der Waals surface area contributed by atoms with Gasteiger partial charge in [0.2, 0.25) is 0 Å². The standard InChI is InChI=1S/C52H49N3O/c1-8-52(6,7)40-25-26-46(44(33-40)36-15-10-9-11-16-36)55-47-19-14-18-42(49(47)54-50(55)43-17-12-13-20-48(43)56)38-29-39(31-41(30-38)51(3,4)5)45-32-37(27-28-53-45)35-23-21-34(2)22-24-35/h9-33,56H,8H2,1-7H3/i2D3,21D,22D,23D,24D,27D,28D,32D. The number of benzene rings is 6. The fourth-order valence-electron chi connectivity index (χ4n) is 6.99. The molecule has 8 aromatic rings. The minimum Gasteiger partial charge on any atom is -0.507 e. The Kier molecular flexibility index (Phi) is 6.84. The Bertz CT molecular complexity index is 3190. The van der Waals surface area contributed by atoms with Crippen molar-refractivity contribution in [1.29, 1.82) is 0 Å². The van der Waals surface area contributed by atoms with Crippen LogP contribution in [0.25, 0.3) is 72.7 Å². The summed E-state index contributed by atoms with van der Waals surface area (Å²) in [4.78, 5) is 9.77. The van der Waals surface area contributed by atoms with Gasteiger partial charge in [-0.05, 0) is 112 Å².